The molecule has 0 aliphatic carbocycles. The lowest BCUT2D eigenvalue weighted by atomic mass is 10.2. The van der Waals surface area contributed by atoms with E-state index in [-0.39, 0.29) is 19.1 Å². The SMILES string of the molecule is Nc1cccc(NC(=O)COc2ccc(CO)cc2)c1. The first kappa shape index (κ1) is 13.9. The third-order valence-corrected chi connectivity index (χ3v) is 2.65. The molecule has 1 amide bonds. The lowest BCUT2D eigenvalue weighted by Gasteiger charge is -2.08. The van der Waals surface area contributed by atoms with Gasteiger partial charge in [0.15, 0.2) is 6.61 Å². The van der Waals surface area contributed by atoms with Crippen molar-refractivity contribution in [2.24, 2.45) is 0 Å². The van der Waals surface area contributed by atoms with Crippen molar-refractivity contribution in [3.05, 3.63) is 54.1 Å². The van der Waals surface area contributed by atoms with Crippen molar-refractivity contribution in [3.63, 3.8) is 0 Å². The maximum atomic E-state index is 11.7. The molecule has 0 unspecified atom stereocenters. The van der Waals surface area contributed by atoms with E-state index in [9.17, 15) is 4.79 Å². The number of hydrogen-bond donors (Lipinski definition) is 3. The van der Waals surface area contributed by atoms with Crippen LogP contribution in [0.15, 0.2) is 48.5 Å². The highest BCUT2D eigenvalue weighted by molar-refractivity contribution is 5.92. The molecule has 0 radical (unpaired) electrons. The molecule has 2 aromatic carbocycles. The molecule has 0 saturated heterocycles. The van der Waals surface area contributed by atoms with E-state index in [4.69, 9.17) is 15.6 Å². The summed E-state index contributed by atoms with van der Waals surface area (Å²) in [6.45, 7) is -0.108. The normalized spacial score (nSPS) is 10.1. The number of anilines is 2. The molecule has 0 spiro atoms. The monoisotopic (exact) mass is 272 g/mol. The summed E-state index contributed by atoms with van der Waals surface area (Å²) in [7, 11) is 0. The molecule has 0 aromatic heterocycles. The number of ether oxygens (including phenoxy) is 1. The van der Waals surface area contributed by atoms with Gasteiger partial charge < -0.3 is 20.9 Å². The molecule has 20 heavy (non-hydrogen) atoms. The molecule has 0 heterocycles. The largest absolute Gasteiger partial charge is 0.484 e. The van der Waals surface area contributed by atoms with Crippen molar-refractivity contribution in [3.8, 4) is 5.75 Å². The molecule has 0 fully saturated rings. The van der Waals surface area contributed by atoms with Crippen LogP contribution in [-0.2, 0) is 11.4 Å². The van der Waals surface area contributed by atoms with E-state index in [1.54, 1.807) is 48.5 Å². The van der Waals surface area contributed by atoms with E-state index >= 15 is 0 Å². The number of aliphatic hydroxyl groups excluding tert-OH is 1. The topological polar surface area (TPSA) is 84.6 Å². The molecule has 104 valence electrons. The van der Waals surface area contributed by atoms with E-state index in [0.717, 1.165) is 5.56 Å². The Bertz CT molecular complexity index is 582. The first-order valence-corrected chi connectivity index (χ1v) is 6.15. The van der Waals surface area contributed by atoms with Crippen molar-refractivity contribution in [1.82, 2.24) is 0 Å². The Hall–Kier alpha value is -2.53. The number of rotatable bonds is 5. The van der Waals surface area contributed by atoms with E-state index in [1.165, 1.54) is 0 Å². The Kier molecular flexibility index (Phi) is 4.57. The second kappa shape index (κ2) is 6.58. The highest BCUT2D eigenvalue weighted by Gasteiger charge is 2.04. The van der Waals surface area contributed by atoms with Crippen LogP contribution in [0.3, 0.4) is 0 Å². The standard InChI is InChI=1S/C15H16N2O3/c16-12-2-1-3-13(8-12)17-15(19)10-20-14-6-4-11(9-18)5-7-14/h1-8,18H,9-10,16H2,(H,17,19). The fourth-order valence-corrected chi connectivity index (χ4v) is 1.65. The molecule has 0 aliphatic rings. The zero-order valence-corrected chi connectivity index (χ0v) is 10.9. The first-order chi connectivity index (χ1) is 9.67. The number of carbonyl (C=O) groups excluding carboxylic acids is 1. The second-order valence-electron chi connectivity index (χ2n) is 4.26. The predicted octanol–water partition coefficient (Wildman–Crippen LogP) is 1.78. The minimum Gasteiger partial charge on any atom is -0.484 e. The van der Waals surface area contributed by atoms with Gasteiger partial charge in [0.05, 0.1) is 6.61 Å². The lowest BCUT2D eigenvalue weighted by Crippen LogP contribution is -2.20. The smallest absolute Gasteiger partial charge is 0.262 e. The summed E-state index contributed by atoms with van der Waals surface area (Å²) < 4.78 is 5.34. The maximum absolute atomic E-state index is 11.7. The van der Waals surface area contributed by atoms with Gasteiger partial charge in [-0.2, -0.15) is 0 Å². The highest BCUT2D eigenvalue weighted by atomic mass is 16.5. The number of benzene rings is 2. The first-order valence-electron chi connectivity index (χ1n) is 6.15. The molecular weight excluding hydrogens is 256 g/mol. The van der Waals surface area contributed by atoms with Crippen molar-refractivity contribution in [1.29, 1.82) is 0 Å². The zero-order chi connectivity index (χ0) is 14.4. The van der Waals surface area contributed by atoms with E-state index < -0.39 is 0 Å². The van der Waals surface area contributed by atoms with Gasteiger partial charge in [-0.25, -0.2) is 0 Å². The van der Waals surface area contributed by atoms with Gasteiger partial charge in [-0.05, 0) is 35.9 Å². The van der Waals surface area contributed by atoms with Gasteiger partial charge in [-0.15, -0.1) is 0 Å². The van der Waals surface area contributed by atoms with Crippen LogP contribution in [0.1, 0.15) is 5.56 Å². The Morgan fingerprint density at radius 1 is 1.20 bits per heavy atom. The summed E-state index contributed by atoms with van der Waals surface area (Å²) in [5.74, 6) is 0.312. The van der Waals surface area contributed by atoms with Crippen molar-refractivity contribution >= 4 is 17.3 Å². The van der Waals surface area contributed by atoms with Crippen molar-refractivity contribution in [2.75, 3.05) is 17.7 Å². The maximum Gasteiger partial charge on any atom is 0.262 e. The van der Waals surface area contributed by atoms with Gasteiger partial charge in [0.2, 0.25) is 0 Å². The number of nitrogens with one attached hydrogen (secondary N) is 1. The van der Waals surface area contributed by atoms with Crippen LogP contribution in [0, 0.1) is 0 Å². The summed E-state index contributed by atoms with van der Waals surface area (Å²) in [4.78, 5) is 11.7. The minimum atomic E-state index is -0.262. The summed E-state index contributed by atoms with van der Waals surface area (Å²) in [6.07, 6.45) is 0. The van der Waals surface area contributed by atoms with Crippen LogP contribution in [0.25, 0.3) is 0 Å². The molecule has 0 aliphatic heterocycles. The Labute approximate surface area is 117 Å². The third kappa shape index (κ3) is 4.00. The van der Waals surface area contributed by atoms with Crippen LogP contribution in [-0.4, -0.2) is 17.6 Å². The molecule has 5 nitrogen and oxygen atoms in total. The van der Waals surface area contributed by atoms with E-state index in [0.29, 0.717) is 17.1 Å². The van der Waals surface area contributed by atoms with Crippen LogP contribution < -0.4 is 15.8 Å². The van der Waals surface area contributed by atoms with Crippen molar-refractivity contribution < 1.29 is 14.6 Å². The van der Waals surface area contributed by atoms with Crippen molar-refractivity contribution in [2.45, 2.75) is 6.61 Å². The summed E-state index contributed by atoms with van der Waals surface area (Å²) in [5.41, 5.74) is 7.64. The third-order valence-electron chi connectivity index (χ3n) is 2.65. The van der Waals surface area contributed by atoms with Gasteiger partial charge in [-0.1, -0.05) is 18.2 Å². The van der Waals surface area contributed by atoms with Crippen LogP contribution in [0.4, 0.5) is 11.4 Å². The molecule has 2 aromatic rings. The van der Waals surface area contributed by atoms with Crippen LogP contribution in [0.5, 0.6) is 5.75 Å². The minimum absolute atomic E-state index is 0.0177. The molecule has 0 bridgehead atoms. The summed E-state index contributed by atoms with van der Waals surface area (Å²) >= 11 is 0. The zero-order valence-electron chi connectivity index (χ0n) is 10.9. The van der Waals surface area contributed by atoms with Gasteiger partial charge >= 0.3 is 0 Å². The number of aliphatic hydroxyl groups is 1. The number of amides is 1. The molecule has 5 heteroatoms. The molecule has 4 N–H and O–H groups in total. The van der Waals surface area contributed by atoms with E-state index in [1.807, 2.05) is 0 Å². The number of carbonyl (C=O) groups is 1. The highest BCUT2D eigenvalue weighted by Crippen LogP contribution is 2.13. The fraction of sp³-hybridized carbons (Fsp3) is 0.133. The van der Waals surface area contributed by atoms with Gasteiger partial charge in [0, 0.05) is 11.4 Å². The fourth-order valence-electron chi connectivity index (χ4n) is 1.65. The average molecular weight is 272 g/mol. The average Bonchev–Trinajstić information content (AvgIpc) is 2.46. The van der Waals surface area contributed by atoms with Crippen LogP contribution >= 0.6 is 0 Å². The Morgan fingerprint density at radius 3 is 2.60 bits per heavy atom. The van der Waals surface area contributed by atoms with Gasteiger partial charge in [0.25, 0.3) is 5.91 Å². The molecule has 2 rings (SSSR count). The molecule has 0 saturated carbocycles. The molecule has 0 atom stereocenters. The predicted molar refractivity (Wildman–Crippen MR) is 77.3 cm³/mol. The second-order valence-corrected chi connectivity index (χ2v) is 4.26. The number of nitrogen functional groups attached to an aromatic ring is 1. The van der Waals surface area contributed by atoms with Gasteiger partial charge in [0.1, 0.15) is 5.75 Å². The lowest BCUT2D eigenvalue weighted by molar-refractivity contribution is -0.118. The quantitative estimate of drug-likeness (QED) is 0.724. The van der Waals surface area contributed by atoms with Crippen LogP contribution in [0.2, 0.25) is 0 Å². The number of nitrogens with two attached hydrogens (primary N) is 1. The molecular formula is C15H16N2O3. The Balaban J connectivity index is 1.85. The van der Waals surface area contributed by atoms with Gasteiger partial charge in [-0.3, -0.25) is 4.79 Å². The number of hydrogen-bond acceptors (Lipinski definition) is 4. The summed E-state index contributed by atoms with van der Waals surface area (Å²) in [6, 6.07) is 13.8. The summed E-state index contributed by atoms with van der Waals surface area (Å²) in [5, 5.41) is 11.6. The Morgan fingerprint density at radius 2 is 1.95 bits per heavy atom. The van der Waals surface area contributed by atoms with E-state index in [2.05, 4.69) is 5.32 Å².